The molecule has 0 atom stereocenters. The third-order valence-corrected chi connectivity index (χ3v) is 2.65. The van der Waals surface area contributed by atoms with Gasteiger partial charge in [0.15, 0.2) is 5.11 Å². The molecular weight excluding hydrogens is 310 g/mol. The summed E-state index contributed by atoms with van der Waals surface area (Å²) < 4.78 is 4.70. The quantitative estimate of drug-likeness (QED) is 0.355. The van der Waals surface area contributed by atoms with E-state index in [1.54, 1.807) is 6.92 Å². The maximum atomic E-state index is 11.6. The van der Waals surface area contributed by atoms with Gasteiger partial charge < -0.3 is 15.4 Å². The Kier molecular flexibility index (Phi) is 6.90. The molecule has 1 aromatic carbocycles. The lowest BCUT2D eigenvalue weighted by atomic mass is 10.3. The molecule has 0 bridgehead atoms. The largest absolute Gasteiger partial charge is 0.466 e. The van der Waals surface area contributed by atoms with Crippen LogP contribution in [0.15, 0.2) is 24.3 Å². The number of nitro groups is 1. The lowest BCUT2D eigenvalue weighted by Gasteiger charge is -2.09. The predicted molar refractivity (Wildman–Crippen MR) is 83.3 cm³/mol. The molecule has 0 aliphatic rings. The predicted octanol–water partition coefficient (Wildman–Crippen LogP) is 1.75. The highest BCUT2D eigenvalue weighted by Crippen LogP contribution is 2.15. The monoisotopic (exact) mass is 325 g/mol. The zero-order valence-corrected chi connectivity index (χ0v) is 12.6. The van der Waals surface area contributed by atoms with Crippen molar-refractivity contribution in [1.29, 1.82) is 0 Å². The fourth-order valence-electron chi connectivity index (χ4n) is 1.47. The number of rotatable bonds is 6. The van der Waals surface area contributed by atoms with Gasteiger partial charge in [-0.1, -0.05) is 0 Å². The minimum atomic E-state index is -0.515. The van der Waals surface area contributed by atoms with Crippen molar-refractivity contribution < 1.29 is 19.2 Å². The molecule has 2 N–H and O–H groups in total. The smallest absolute Gasteiger partial charge is 0.306 e. The van der Waals surface area contributed by atoms with Crippen LogP contribution in [0.5, 0.6) is 0 Å². The van der Waals surface area contributed by atoms with Gasteiger partial charge in [-0.15, -0.1) is 0 Å². The Labute approximate surface area is 132 Å². The molecule has 1 rings (SSSR count). The number of nitrogens with zero attached hydrogens (tertiary/aromatic N) is 1. The second-order valence-electron chi connectivity index (χ2n) is 4.11. The van der Waals surface area contributed by atoms with E-state index in [2.05, 4.69) is 10.6 Å². The zero-order chi connectivity index (χ0) is 16.5. The van der Waals surface area contributed by atoms with Crippen molar-refractivity contribution in [2.24, 2.45) is 0 Å². The average molecular weight is 325 g/mol. The molecule has 0 aliphatic heterocycles. The van der Waals surface area contributed by atoms with E-state index in [-0.39, 0.29) is 30.2 Å². The number of benzene rings is 1. The van der Waals surface area contributed by atoms with Crippen molar-refractivity contribution in [3.63, 3.8) is 0 Å². The molecule has 0 saturated carbocycles. The van der Waals surface area contributed by atoms with Crippen molar-refractivity contribution in [3.05, 3.63) is 34.4 Å². The molecule has 0 saturated heterocycles. The van der Waals surface area contributed by atoms with Crippen LogP contribution in [-0.4, -0.2) is 28.5 Å². The molecule has 22 heavy (non-hydrogen) atoms. The van der Waals surface area contributed by atoms with Gasteiger partial charge in [-0.25, -0.2) is 0 Å². The summed E-state index contributed by atoms with van der Waals surface area (Å²) in [5.41, 5.74) is 0.455. The number of hydrogen-bond acceptors (Lipinski definition) is 6. The van der Waals surface area contributed by atoms with Crippen LogP contribution < -0.4 is 10.6 Å². The van der Waals surface area contributed by atoms with E-state index in [0.717, 1.165) is 0 Å². The highest BCUT2D eigenvalue weighted by molar-refractivity contribution is 7.80. The summed E-state index contributed by atoms with van der Waals surface area (Å²) in [5.74, 6) is -0.876. The lowest BCUT2D eigenvalue weighted by molar-refractivity contribution is -0.384. The van der Waals surface area contributed by atoms with Crippen LogP contribution in [0.3, 0.4) is 0 Å². The summed E-state index contributed by atoms with van der Waals surface area (Å²) in [4.78, 5) is 32.7. The van der Waals surface area contributed by atoms with Crippen LogP contribution in [0.25, 0.3) is 0 Å². The maximum Gasteiger partial charge on any atom is 0.306 e. The van der Waals surface area contributed by atoms with Gasteiger partial charge in [-0.3, -0.25) is 19.7 Å². The van der Waals surface area contributed by atoms with Gasteiger partial charge >= 0.3 is 5.97 Å². The van der Waals surface area contributed by atoms with Gasteiger partial charge in [0.05, 0.1) is 18.0 Å². The molecule has 118 valence electrons. The zero-order valence-electron chi connectivity index (χ0n) is 11.8. The topological polar surface area (TPSA) is 111 Å². The molecule has 1 amide bonds. The number of ether oxygens (including phenoxy) is 1. The molecule has 0 radical (unpaired) electrons. The second-order valence-corrected chi connectivity index (χ2v) is 4.52. The Hall–Kier alpha value is -2.55. The molecular formula is C13H15N3O5S. The first kappa shape index (κ1) is 17.5. The van der Waals surface area contributed by atoms with E-state index in [4.69, 9.17) is 17.0 Å². The summed E-state index contributed by atoms with van der Waals surface area (Å²) in [5, 5.41) is 15.7. The van der Waals surface area contributed by atoms with E-state index in [1.165, 1.54) is 24.3 Å². The van der Waals surface area contributed by atoms with Crippen molar-refractivity contribution in [2.45, 2.75) is 19.8 Å². The highest BCUT2D eigenvalue weighted by Gasteiger charge is 2.10. The van der Waals surface area contributed by atoms with Crippen LogP contribution in [0.4, 0.5) is 11.4 Å². The molecule has 0 spiro atoms. The van der Waals surface area contributed by atoms with E-state index in [9.17, 15) is 19.7 Å². The number of hydrogen-bond donors (Lipinski definition) is 2. The van der Waals surface area contributed by atoms with E-state index >= 15 is 0 Å². The van der Waals surface area contributed by atoms with Gasteiger partial charge in [-0.2, -0.15) is 0 Å². The number of nitro benzene ring substituents is 1. The van der Waals surface area contributed by atoms with Gasteiger partial charge in [0.1, 0.15) is 0 Å². The van der Waals surface area contributed by atoms with Gasteiger partial charge in [0.25, 0.3) is 5.69 Å². The fourth-order valence-corrected chi connectivity index (χ4v) is 1.70. The Bertz CT molecular complexity index is 574. The first-order valence-electron chi connectivity index (χ1n) is 6.43. The van der Waals surface area contributed by atoms with E-state index < -0.39 is 16.8 Å². The minimum Gasteiger partial charge on any atom is -0.466 e. The number of carbonyl (C=O) groups is 2. The molecule has 0 aromatic heterocycles. The van der Waals surface area contributed by atoms with Crippen LogP contribution in [0.1, 0.15) is 19.8 Å². The van der Waals surface area contributed by atoms with Gasteiger partial charge in [0.2, 0.25) is 5.91 Å². The molecule has 8 nitrogen and oxygen atoms in total. The van der Waals surface area contributed by atoms with Crippen molar-refractivity contribution in [1.82, 2.24) is 5.32 Å². The molecule has 9 heteroatoms. The minimum absolute atomic E-state index is 0.0280. The SMILES string of the molecule is CCOC(=O)CCC(=O)NC(=S)Nc1ccc([N+](=O)[O-])cc1. The number of thiocarbonyl (C=S) groups is 1. The maximum absolute atomic E-state index is 11.6. The van der Waals surface area contributed by atoms with Crippen molar-refractivity contribution in [3.8, 4) is 0 Å². The number of nitrogens with one attached hydrogen (secondary N) is 2. The molecule has 0 unspecified atom stereocenters. The normalized spacial score (nSPS) is 9.68. The highest BCUT2D eigenvalue weighted by atomic mass is 32.1. The van der Waals surface area contributed by atoms with E-state index in [1.807, 2.05) is 0 Å². The number of esters is 1. The van der Waals surface area contributed by atoms with Gasteiger partial charge in [0, 0.05) is 24.2 Å². The third kappa shape index (κ3) is 6.27. The summed E-state index contributed by atoms with van der Waals surface area (Å²) in [7, 11) is 0. The second kappa shape index (κ2) is 8.67. The Balaban J connectivity index is 2.40. The first-order valence-corrected chi connectivity index (χ1v) is 6.84. The van der Waals surface area contributed by atoms with Crippen molar-refractivity contribution >= 4 is 40.6 Å². The van der Waals surface area contributed by atoms with Crippen LogP contribution in [-0.2, 0) is 14.3 Å². The standard InChI is InChI=1S/C13H15N3O5S/c1-2-21-12(18)8-7-11(17)15-13(22)14-9-3-5-10(6-4-9)16(19)20/h3-6H,2,7-8H2,1H3,(H2,14,15,17,22). The number of non-ortho nitro benzene ring substituents is 1. The molecule has 0 fully saturated rings. The Morgan fingerprint density at radius 2 is 1.91 bits per heavy atom. The Morgan fingerprint density at radius 3 is 2.45 bits per heavy atom. The van der Waals surface area contributed by atoms with Gasteiger partial charge in [-0.05, 0) is 31.3 Å². The number of amides is 1. The average Bonchev–Trinajstić information content (AvgIpc) is 2.46. The summed E-state index contributed by atoms with van der Waals surface area (Å²) >= 11 is 4.93. The fraction of sp³-hybridized carbons (Fsp3) is 0.308. The lowest BCUT2D eigenvalue weighted by Crippen LogP contribution is -2.34. The molecule has 1 aromatic rings. The van der Waals surface area contributed by atoms with Crippen LogP contribution in [0, 0.1) is 10.1 Å². The summed E-state index contributed by atoms with van der Waals surface area (Å²) in [6.45, 7) is 1.95. The number of carbonyl (C=O) groups excluding carboxylic acids is 2. The summed E-state index contributed by atoms with van der Waals surface area (Å²) in [6, 6.07) is 5.56. The van der Waals surface area contributed by atoms with E-state index in [0.29, 0.717) is 5.69 Å². The van der Waals surface area contributed by atoms with Crippen molar-refractivity contribution in [2.75, 3.05) is 11.9 Å². The van der Waals surface area contributed by atoms with Crippen LogP contribution >= 0.6 is 12.2 Å². The van der Waals surface area contributed by atoms with Crippen LogP contribution in [0.2, 0.25) is 0 Å². The number of anilines is 1. The first-order chi connectivity index (χ1) is 10.4. The Morgan fingerprint density at radius 1 is 1.27 bits per heavy atom. The molecule has 0 heterocycles. The summed E-state index contributed by atoms with van der Waals surface area (Å²) in [6.07, 6.45) is -0.0687. The molecule has 0 aliphatic carbocycles. The third-order valence-electron chi connectivity index (χ3n) is 2.45.